The Balaban J connectivity index is 2.12. The molecule has 1 N–H and O–H groups in total. The molecule has 0 aliphatic rings. The van der Waals surface area contributed by atoms with Crippen molar-refractivity contribution < 1.29 is 14.2 Å². The van der Waals surface area contributed by atoms with Crippen LogP contribution in [0.3, 0.4) is 0 Å². The molecule has 0 aliphatic carbocycles. The van der Waals surface area contributed by atoms with Crippen LogP contribution >= 0.6 is 23.2 Å². The monoisotopic (exact) mass is 300 g/mol. The fourth-order valence-electron chi connectivity index (χ4n) is 1.58. The lowest BCUT2D eigenvalue weighted by Gasteiger charge is -2.10. The van der Waals surface area contributed by atoms with Crippen LogP contribution in [0.2, 0.25) is 10.0 Å². The molecular weight excluding hydrogens is 290 g/mol. The van der Waals surface area contributed by atoms with Gasteiger partial charge in [0.15, 0.2) is 0 Å². The molecular formula is C14H11Cl2FO2. The van der Waals surface area contributed by atoms with Crippen molar-refractivity contribution in [2.75, 3.05) is 0 Å². The summed E-state index contributed by atoms with van der Waals surface area (Å²) in [6, 6.07) is 9.65. The van der Waals surface area contributed by atoms with Gasteiger partial charge in [-0.25, -0.2) is 4.39 Å². The van der Waals surface area contributed by atoms with Crippen LogP contribution in [0.1, 0.15) is 11.1 Å². The highest BCUT2D eigenvalue weighted by molar-refractivity contribution is 6.32. The normalized spacial score (nSPS) is 10.5. The van der Waals surface area contributed by atoms with E-state index >= 15 is 0 Å². The molecule has 2 aromatic carbocycles. The molecule has 2 aromatic rings. The molecule has 0 bridgehead atoms. The second-order valence-corrected chi connectivity index (χ2v) is 4.74. The van der Waals surface area contributed by atoms with Gasteiger partial charge in [-0.15, -0.1) is 0 Å². The van der Waals surface area contributed by atoms with Crippen LogP contribution in [-0.2, 0) is 13.2 Å². The summed E-state index contributed by atoms with van der Waals surface area (Å²) < 4.78 is 19.1. The van der Waals surface area contributed by atoms with Gasteiger partial charge in [0.05, 0.1) is 16.7 Å². The minimum absolute atomic E-state index is 0.0323. The molecule has 19 heavy (non-hydrogen) atoms. The van der Waals surface area contributed by atoms with Crippen LogP contribution in [0.25, 0.3) is 0 Å². The fraction of sp³-hybridized carbons (Fsp3) is 0.143. The third kappa shape index (κ3) is 3.38. The number of ether oxygens (including phenoxy) is 1. The number of halogens is 3. The molecule has 0 aromatic heterocycles. The molecule has 0 aliphatic heterocycles. The van der Waals surface area contributed by atoms with E-state index in [1.165, 1.54) is 6.07 Å². The van der Waals surface area contributed by atoms with E-state index in [1.54, 1.807) is 30.3 Å². The lowest BCUT2D eigenvalue weighted by molar-refractivity contribution is 0.280. The van der Waals surface area contributed by atoms with Gasteiger partial charge < -0.3 is 9.84 Å². The van der Waals surface area contributed by atoms with Crippen LogP contribution < -0.4 is 4.74 Å². The van der Waals surface area contributed by atoms with Gasteiger partial charge in [0.1, 0.15) is 18.2 Å². The number of hydrogen-bond acceptors (Lipinski definition) is 2. The van der Waals surface area contributed by atoms with Gasteiger partial charge in [0.2, 0.25) is 0 Å². The largest absolute Gasteiger partial charge is 0.487 e. The molecule has 2 nitrogen and oxygen atoms in total. The van der Waals surface area contributed by atoms with Crippen molar-refractivity contribution in [3.05, 3.63) is 63.4 Å². The van der Waals surface area contributed by atoms with Gasteiger partial charge in [-0.2, -0.15) is 0 Å². The maximum absolute atomic E-state index is 13.6. The third-order valence-corrected chi connectivity index (χ3v) is 3.18. The number of aliphatic hydroxyl groups excluding tert-OH is 1. The standard InChI is InChI=1S/C14H11Cl2FO2/c15-11-3-1-2-10(14(11)17)8-19-13-5-4-9(7-18)6-12(13)16/h1-6,18H,7-8H2. The molecule has 0 heterocycles. The second-order valence-electron chi connectivity index (χ2n) is 3.92. The van der Waals surface area contributed by atoms with Crippen LogP contribution in [-0.4, -0.2) is 5.11 Å². The summed E-state index contributed by atoms with van der Waals surface area (Å²) in [5.74, 6) is -0.0643. The first kappa shape index (κ1) is 14.1. The Morgan fingerprint density at radius 3 is 2.58 bits per heavy atom. The minimum atomic E-state index is -0.493. The summed E-state index contributed by atoms with van der Waals surface area (Å²) in [5.41, 5.74) is 1.04. The van der Waals surface area contributed by atoms with Crippen molar-refractivity contribution in [1.29, 1.82) is 0 Å². The molecule has 0 radical (unpaired) electrons. The molecule has 0 fully saturated rings. The van der Waals surface area contributed by atoms with Crippen molar-refractivity contribution in [3.63, 3.8) is 0 Å². The molecule has 5 heteroatoms. The van der Waals surface area contributed by atoms with Crippen LogP contribution in [0.4, 0.5) is 4.39 Å². The van der Waals surface area contributed by atoms with Gasteiger partial charge in [-0.05, 0) is 23.8 Å². The van der Waals surface area contributed by atoms with E-state index in [-0.39, 0.29) is 18.2 Å². The predicted molar refractivity (Wildman–Crippen MR) is 73.1 cm³/mol. The number of hydrogen-bond donors (Lipinski definition) is 1. The van der Waals surface area contributed by atoms with E-state index in [4.69, 9.17) is 33.0 Å². The van der Waals surface area contributed by atoms with E-state index in [1.807, 2.05) is 0 Å². The molecule has 100 valence electrons. The quantitative estimate of drug-likeness (QED) is 0.917. The summed E-state index contributed by atoms with van der Waals surface area (Å²) in [7, 11) is 0. The summed E-state index contributed by atoms with van der Waals surface area (Å²) >= 11 is 11.7. The smallest absolute Gasteiger partial charge is 0.148 e. The van der Waals surface area contributed by atoms with Crippen molar-refractivity contribution in [2.24, 2.45) is 0 Å². The SMILES string of the molecule is OCc1ccc(OCc2cccc(Cl)c2F)c(Cl)c1. The highest BCUT2D eigenvalue weighted by atomic mass is 35.5. The first-order chi connectivity index (χ1) is 9.11. The summed E-state index contributed by atoms with van der Waals surface area (Å²) in [6.07, 6.45) is 0. The fourth-order valence-corrected chi connectivity index (χ4v) is 2.03. The molecule has 0 atom stereocenters. The van der Waals surface area contributed by atoms with Gasteiger partial charge in [0.25, 0.3) is 0 Å². The number of rotatable bonds is 4. The van der Waals surface area contributed by atoms with Crippen LogP contribution in [0.5, 0.6) is 5.75 Å². The average Bonchev–Trinajstić information content (AvgIpc) is 2.41. The molecule has 0 amide bonds. The first-order valence-corrected chi connectivity index (χ1v) is 6.32. The topological polar surface area (TPSA) is 29.5 Å². The zero-order chi connectivity index (χ0) is 13.8. The van der Waals surface area contributed by atoms with Gasteiger partial charge >= 0.3 is 0 Å². The first-order valence-electron chi connectivity index (χ1n) is 5.57. The lowest BCUT2D eigenvalue weighted by Crippen LogP contribution is -1.99. The van der Waals surface area contributed by atoms with Gasteiger partial charge in [-0.1, -0.05) is 41.4 Å². The molecule has 0 unspecified atom stereocenters. The Hall–Kier alpha value is -1.29. The third-order valence-electron chi connectivity index (χ3n) is 2.59. The number of benzene rings is 2. The van der Waals surface area contributed by atoms with Crippen LogP contribution in [0.15, 0.2) is 36.4 Å². The molecule has 0 saturated carbocycles. The summed E-state index contributed by atoms with van der Waals surface area (Å²) in [6.45, 7) is -0.0620. The Kier molecular flexibility index (Phi) is 4.64. The highest BCUT2D eigenvalue weighted by Crippen LogP contribution is 2.27. The Labute approximate surface area is 120 Å². The van der Waals surface area contributed by atoms with Crippen molar-refractivity contribution >= 4 is 23.2 Å². The highest BCUT2D eigenvalue weighted by Gasteiger charge is 2.08. The second kappa shape index (κ2) is 6.24. The molecule has 2 rings (SSSR count). The Bertz CT molecular complexity index is 588. The summed E-state index contributed by atoms with van der Waals surface area (Å²) in [4.78, 5) is 0. The predicted octanol–water partition coefficient (Wildman–Crippen LogP) is 4.20. The summed E-state index contributed by atoms with van der Waals surface area (Å²) in [5, 5.41) is 9.39. The van der Waals surface area contributed by atoms with Gasteiger partial charge in [-0.3, -0.25) is 0 Å². The molecule has 0 saturated heterocycles. The maximum Gasteiger partial charge on any atom is 0.148 e. The Morgan fingerprint density at radius 2 is 1.89 bits per heavy atom. The van der Waals surface area contributed by atoms with E-state index in [9.17, 15) is 4.39 Å². The van der Waals surface area contributed by atoms with E-state index < -0.39 is 5.82 Å². The van der Waals surface area contributed by atoms with Crippen molar-refractivity contribution in [2.45, 2.75) is 13.2 Å². The Morgan fingerprint density at radius 1 is 1.11 bits per heavy atom. The maximum atomic E-state index is 13.6. The van der Waals surface area contributed by atoms with Crippen LogP contribution in [0, 0.1) is 5.82 Å². The van der Waals surface area contributed by atoms with E-state index in [0.717, 1.165) is 0 Å². The zero-order valence-corrected chi connectivity index (χ0v) is 11.4. The van der Waals surface area contributed by atoms with E-state index in [2.05, 4.69) is 0 Å². The lowest BCUT2D eigenvalue weighted by atomic mass is 10.2. The van der Waals surface area contributed by atoms with Crippen molar-refractivity contribution in [3.8, 4) is 5.75 Å². The zero-order valence-electron chi connectivity index (χ0n) is 9.87. The van der Waals surface area contributed by atoms with Crippen molar-refractivity contribution in [1.82, 2.24) is 0 Å². The minimum Gasteiger partial charge on any atom is -0.487 e. The van der Waals surface area contributed by atoms with E-state index in [0.29, 0.717) is 21.9 Å². The van der Waals surface area contributed by atoms with Gasteiger partial charge in [0, 0.05) is 5.56 Å². The molecule has 0 spiro atoms. The average molecular weight is 301 g/mol. The number of aliphatic hydroxyl groups is 1.